The molecule has 3 amide bonds. The highest BCUT2D eigenvalue weighted by atomic mass is 16.5. The first-order chi connectivity index (χ1) is 13.7. The largest absolute Gasteiger partial charge is 0.379 e. The number of morpholine rings is 1. The summed E-state index contributed by atoms with van der Waals surface area (Å²) in [6, 6.07) is 13.5. The van der Waals surface area contributed by atoms with Gasteiger partial charge in [0.1, 0.15) is 6.04 Å². The molecule has 5 rings (SSSR count). The van der Waals surface area contributed by atoms with Gasteiger partial charge >= 0.3 is 6.03 Å². The predicted octanol–water partition coefficient (Wildman–Crippen LogP) is 2.17. The van der Waals surface area contributed by atoms with Crippen molar-refractivity contribution in [3.63, 3.8) is 0 Å². The summed E-state index contributed by atoms with van der Waals surface area (Å²) >= 11 is 0. The number of carbonyl (C=O) groups excluding carboxylic acids is 2. The molecule has 1 atom stereocenters. The molecule has 28 heavy (non-hydrogen) atoms. The second kappa shape index (κ2) is 6.87. The van der Waals surface area contributed by atoms with E-state index in [2.05, 4.69) is 28.4 Å². The van der Waals surface area contributed by atoms with Gasteiger partial charge in [0.2, 0.25) is 0 Å². The molecule has 2 saturated heterocycles. The number of imide groups is 1. The number of amides is 3. The molecular formula is C22H25N3O3. The molecule has 2 heterocycles. The van der Waals surface area contributed by atoms with Gasteiger partial charge in [-0.05, 0) is 29.2 Å². The Morgan fingerprint density at radius 3 is 2.57 bits per heavy atom. The summed E-state index contributed by atoms with van der Waals surface area (Å²) in [4.78, 5) is 29.5. The molecule has 0 spiro atoms. The van der Waals surface area contributed by atoms with Crippen LogP contribution in [0.2, 0.25) is 0 Å². The number of hydrogen-bond acceptors (Lipinski definition) is 4. The Morgan fingerprint density at radius 2 is 1.79 bits per heavy atom. The molecular weight excluding hydrogens is 354 g/mol. The normalized spacial score (nSPS) is 24.6. The number of ether oxygens (including phenoxy) is 1. The molecule has 1 N–H and O–H groups in total. The Labute approximate surface area is 164 Å². The fourth-order valence-electron chi connectivity index (χ4n) is 4.61. The highest BCUT2D eigenvalue weighted by Gasteiger charge is 2.52. The molecule has 0 bridgehead atoms. The van der Waals surface area contributed by atoms with Gasteiger partial charge < -0.3 is 10.1 Å². The minimum absolute atomic E-state index is 0.0366. The van der Waals surface area contributed by atoms with E-state index in [-0.39, 0.29) is 17.5 Å². The molecule has 3 aliphatic rings. The highest BCUT2D eigenvalue weighted by molar-refractivity contribution is 6.04. The van der Waals surface area contributed by atoms with Crippen LogP contribution < -0.4 is 5.32 Å². The van der Waals surface area contributed by atoms with Crippen LogP contribution in [-0.2, 0) is 16.0 Å². The van der Waals surface area contributed by atoms with Crippen LogP contribution in [0.1, 0.15) is 18.4 Å². The molecule has 6 nitrogen and oxygen atoms in total. The van der Waals surface area contributed by atoms with Gasteiger partial charge in [0.25, 0.3) is 5.91 Å². The van der Waals surface area contributed by atoms with E-state index in [0.717, 1.165) is 55.5 Å². The van der Waals surface area contributed by atoms with Crippen molar-refractivity contribution < 1.29 is 14.3 Å². The lowest BCUT2D eigenvalue weighted by Crippen LogP contribution is -2.52. The smallest absolute Gasteiger partial charge is 0.324 e. The summed E-state index contributed by atoms with van der Waals surface area (Å²) in [6.45, 7) is 3.70. The van der Waals surface area contributed by atoms with E-state index in [1.807, 2.05) is 24.3 Å². The second-order valence-electron chi connectivity index (χ2n) is 8.09. The standard InChI is InChI=1S/C22H25N3O3/c26-20-19(14-17-6-3-5-16-4-1-2-7-18(16)17)23-21(27)25(20)15-22(8-9-22)24-10-12-28-13-11-24/h1-7,19H,8-15H2,(H,23,27). The molecule has 146 valence electrons. The Kier molecular flexibility index (Phi) is 4.33. The Morgan fingerprint density at radius 1 is 1.04 bits per heavy atom. The molecule has 2 aromatic carbocycles. The first-order valence-corrected chi connectivity index (χ1v) is 10.1. The molecule has 2 aliphatic heterocycles. The first kappa shape index (κ1) is 17.6. The molecule has 0 radical (unpaired) electrons. The fourth-order valence-corrected chi connectivity index (χ4v) is 4.61. The zero-order valence-electron chi connectivity index (χ0n) is 15.9. The van der Waals surface area contributed by atoms with Crippen molar-refractivity contribution in [1.82, 2.24) is 15.1 Å². The molecule has 0 aromatic heterocycles. The van der Waals surface area contributed by atoms with Crippen molar-refractivity contribution in [1.29, 1.82) is 0 Å². The summed E-state index contributed by atoms with van der Waals surface area (Å²) in [7, 11) is 0. The van der Waals surface area contributed by atoms with Gasteiger partial charge in [-0.3, -0.25) is 14.6 Å². The molecule has 3 fully saturated rings. The van der Waals surface area contributed by atoms with E-state index in [0.29, 0.717) is 13.0 Å². The van der Waals surface area contributed by atoms with E-state index in [1.54, 1.807) is 0 Å². The molecule has 1 unspecified atom stereocenters. The summed E-state index contributed by atoms with van der Waals surface area (Å²) in [5.74, 6) is -0.0996. The number of nitrogens with one attached hydrogen (secondary N) is 1. The number of carbonyl (C=O) groups is 2. The Balaban J connectivity index is 1.32. The topological polar surface area (TPSA) is 61.9 Å². The predicted molar refractivity (Wildman–Crippen MR) is 106 cm³/mol. The van der Waals surface area contributed by atoms with Crippen molar-refractivity contribution in [2.75, 3.05) is 32.8 Å². The van der Waals surface area contributed by atoms with Crippen LogP contribution in [0.15, 0.2) is 42.5 Å². The summed E-state index contributed by atoms with van der Waals surface area (Å²) in [5, 5.41) is 5.20. The number of hydrogen-bond donors (Lipinski definition) is 1. The number of benzene rings is 2. The van der Waals surface area contributed by atoms with E-state index in [4.69, 9.17) is 4.74 Å². The molecule has 2 aromatic rings. The van der Waals surface area contributed by atoms with Crippen molar-refractivity contribution in [2.24, 2.45) is 0 Å². The third kappa shape index (κ3) is 3.06. The molecule has 1 saturated carbocycles. The molecule has 1 aliphatic carbocycles. The SMILES string of the molecule is O=C1NC(Cc2cccc3ccccc23)C(=O)N1CC1(N2CCOCC2)CC1. The lowest BCUT2D eigenvalue weighted by molar-refractivity contribution is -0.128. The van der Waals surface area contributed by atoms with Gasteiger partial charge in [-0.1, -0.05) is 42.5 Å². The highest BCUT2D eigenvalue weighted by Crippen LogP contribution is 2.43. The van der Waals surface area contributed by atoms with Crippen LogP contribution in [0, 0.1) is 0 Å². The molecule has 6 heteroatoms. The average Bonchev–Trinajstić information content (AvgIpc) is 3.48. The minimum atomic E-state index is -0.487. The van der Waals surface area contributed by atoms with Gasteiger partial charge in [0, 0.05) is 31.6 Å². The maximum Gasteiger partial charge on any atom is 0.324 e. The second-order valence-corrected chi connectivity index (χ2v) is 8.09. The van der Waals surface area contributed by atoms with Gasteiger partial charge in [0.05, 0.1) is 13.2 Å². The summed E-state index contributed by atoms with van der Waals surface area (Å²) < 4.78 is 5.45. The van der Waals surface area contributed by atoms with Gasteiger partial charge in [-0.2, -0.15) is 0 Å². The zero-order valence-corrected chi connectivity index (χ0v) is 15.9. The number of nitrogens with zero attached hydrogens (tertiary/aromatic N) is 2. The maximum absolute atomic E-state index is 13.0. The van der Waals surface area contributed by atoms with E-state index >= 15 is 0 Å². The number of fused-ring (bicyclic) bond motifs is 1. The third-order valence-electron chi connectivity index (χ3n) is 6.37. The number of rotatable bonds is 5. The van der Waals surface area contributed by atoms with Crippen molar-refractivity contribution in [3.05, 3.63) is 48.0 Å². The average molecular weight is 379 g/mol. The quantitative estimate of drug-likeness (QED) is 0.809. The van der Waals surface area contributed by atoms with Crippen LogP contribution in [0.25, 0.3) is 10.8 Å². The minimum Gasteiger partial charge on any atom is -0.379 e. The lowest BCUT2D eigenvalue weighted by Gasteiger charge is -2.36. The van der Waals surface area contributed by atoms with Crippen molar-refractivity contribution in [3.8, 4) is 0 Å². The summed E-state index contributed by atoms with van der Waals surface area (Å²) in [5.41, 5.74) is 1.05. The van der Waals surface area contributed by atoms with Crippen LogP contribution in [0.4, 0.5) is 4.79 Å². The summed E-state index contributed by atoms with van der Waals surface area (Å²) in [6.07, 6.45) is 2.60. The van der Waals surface area contributed by atoms with Crippen LogP contribution in [0.5, 0.6) is 0 Å². The van der Waals surface area contributed by atoms with Crippen LogP contribution >= 0.6 is 0 Å². The van der Waals surface area contributed by atoms with Crippen LogP contribution in [-0.4, -0.2) is 66.2 Å². The van der Waals surface area contributed by atoms with Crippen molar-refractivity contribution >= 4 is 22.7 Å². The van der Waals surface area contributed by atoms with Gasteiger partial charge in [-0.15, -0.1) is 0 Å². The Hall–Kier alpha value is -2.44. The van der Waals surface area contributed by atoms with Crippen LogP contribution in [0.3, 0.4) is 0 Å². The Bertz CT molecular complexity index is 913. The first-order valence-electron chi connectivity index (χ1n) is 10.1. The fraction of sp³-hybridized carbons (Fsp3) is 0.455. The van der Waals surface area contributed by atoms with Gasteiger partial charge in [0.15, 0.2) is 0 Å². The van der Waals surface area contributed by atoms with E-state index in [9.17, 15) is 9.59 Å². The zero-order chi connectivity index (χ0) is 19.1. The van der Waals surface area contributed by atoms with E-state index < -0.39 is 6.04 Å². The van der Waals surface area contributed by atoms with Gasteiger partial charge in [-0.25, -0.2) is 4.79 Å². The monoisotopic (exact) mass is 379 g/mol. The van der Waals surface area contributed by atoms with E-state index in [1.165, 1.54) is 4.90 Å². The third-order valence-corrected chi connectivity index (χ3v) is 6.37. The number of urea groups is 1. The van der Waals surface area contributed by atoms with Crippen molar-refractivity contribution in [2.45, 2.75) is 30.8 Å². The maximum atomic E-state index is 13.0. The lowest BCUT2D eigenvalue weighted by atomic mass is 9.99.